The van der Waals surface area contributed by atoms with Crippen LogP contribution in [0.3, 0.4) is 0 Å². The van der Waals surface area contributed by atoms with Crippen molar-refractivity contribution in [3.05, 3.63) is 106 Å². The van der Waals surface area contributed by atoms with Crippen molar-refractivity contribution in [2.75, 3.05) is 13.2 Å². The fourth-order valence-corrected chi connectivity index (χ4v) is 4.32. The molecule has 1 amide bonds. The van der Waals surface area contributed by atoms with Crippen molar-refractivity contribution in [2.24, 2.45) is 0 Å². The lowest BCUT2D eigenvalue weighted by Crippen LogP contribution is -2.31. The molecule has 0 bridgehead atoms. The Kier molecular flexibility index (Phi) is 7.88. The number of hydrogen-bond donors (Lipinski definition) is 1. The van der Waals surface area contributed by atoms with Gasteiger partial charge in [0.15, 0.2) is 0 Å². The number of unbranched alkanes of at least 4 members (excludes halogenated alkanes) is 1. The number of hydrogen-bond acceptors (Lipinski definition) is 4. The van der Waals surface area contributed by atoms with E-state index in [0.29, 0.717) is 30.2 Å². The Balaban J connectivity index is 1.71. The number of likely N-dealkylation sites (tertiary alicyclic amines) is 1. The summed E-state index contributed by atoms with van der Waals surface area (Å²) in [5, 5.41) is 11.7. The van der Waals surface area contributed by atoms with Crippen LogP contribution >= 0.6 is 11.6 Å². The number of ketones is 1. The predicted octanol–water partition coefficient (Wildman–Crippen LogP) is 6.18. The molecule has 1 atom stereocenters. The van der Waals surface area contributed by atoms with Gasteiger partial charge in [-0.05, 0) is 60.4 Å². The van der Waals surface area contributed by atoms with Gasteiger partial charge in [-0.1, -0.05) is 67.4 Å². The number of amides is 1. The van der Waals surface area contributed by atoms with Crippen molar-refractivity contribution in [3.8, 4) is 5.75 Å². The molecular weight excluding hydrogens is 462 g/mol. The quantitative estimate of drug-likeness (QED) is 0.168. The number of nitrogens with zero attached hydrogens (tertiary/aromatic N) is 1. The third-order valence-corrected chi connectivity index (χ3v) is 6.36. The second-order valence-electron chi connectivity index (χ2n) is 8.51. The Hall–Kier alpha value is -3.57. The van der Waals surface area contributed by atoms with Gasteiger partial charge in [0.25, 0.3) is 11.7 Å². The maximum atomic E-state index is 13.2. The summed E-state index contributed by atoms with van der Waals surface area (Å²) in [6.07, 6.45) is 2.59. The van der Waals surface area contributed by atoms with Crippen LogP contribution in [-0.2, 0) is 16.0 Å². The summed E-state index contributed by atoms with van der Waals surface area (Å²) in [6, 6.07) is 23.0. The van der Waals surface area contributed by atoms with Crippen molar-refractivity contribution in [2.45, 2.75) is 32.2 Å². The highest BCUT2D eigenvalue weighted by Gasteiger charge is 2.45. The van der Waals surface area contributed by atoms with Gasteiger partial charge in [0, 0.05) is 17.1 Å². The Morgan fingerprint density at radius 1 is 0.971 bits per heavy atom. The molecule has 0 spiro atoms. The molecule has 1 heterocycles. The lowest BCUT2D eigenvalue weighted by atomic mass is 9.95. The first-order valence-electron chi connectivity index (χ1n) is 11.8. The Labute approximate surface area is 210 Å². The van der Waals surface area contributed by atoms with Gasteiger partial charge in [0.1, 0.15) is 11.5 Å². The molecule has 1 aliphatic heterocycles. The lowest BCUT2D eigenvalue weighted by Gasteiger charge is -2.25. The number of benzene rings is 3. The molecule has 1 saturated heterocycles. The lowest BCUT2D eigenvalue weighted by molar-refractivity contribution is -0.139. The van der Waals surface area contributed by atoms with E-state index in [2.05, 4.69) is 6.92 Å². The molecule has 0 aromatic heterocycles. The zero-order valence-electron chi connectivity index (χ0n) is 19.6. The average molecular weight is 490 g/mol. The Bertz CT molecular complexity index is 1200. The standard InChI is InChI=1S/C29H28ClNO4/c1-2-3-19-35-24-15-11-21(12-16-24)26-25(27(32)22-9-13-23(30)14-10-22)28(33)29(34)31(26)18-17-20-7-5-4-6-8-20/h4-16,26,32H,2-3,17-19H2,1H3/b27-25+. The van der Waals surface area contributed by atoms with Crippen LogP contribution in [-0.4, -0.2) is 34.8 Å². The first-order valence-corrected chi connectivity index (χ1v) is 12.2. The van der Waals surface area contributed by atoms with E-state index in [9.17, 15) is 14.7 Å². The molecule has 5 nitrogen and oxygen atoms in total. The Morgan fingerprint density at radius 2 is 1.66 bits per heavy atom. The van der Waals surface area contributed by atoms with Crippen LogP contribution < -0.4 is 4.74 Å². The molecule has 1 fully saturated rings. The van der Waals surface area contributed by atoms with Crippen LogP contribution in [0, 0.1) is 0 Å². The fourth-order valence-electron chi connectivity index (χ4n) is 4.20. The van der Waals surface area contributed by atoms with Gasteiger partial charge in [0.05, 0.1) is 18.2 Å². The van der Waals surface area contributed by atoms with Crippen LogP contribution in [0.2, 0.25) is 5.02 Å². The van der Waals surface area contributed by atoms with Gasteiger partial charge in [-0.2, -0.15) is 0 Å². The number of aliphatic hydroxyl groups excluding tert-OH is 1. The largest absolute Gasteiger partial charge is 0.507 e. The zero-order valence-corrected chi connectivity index (χ0v) is 20.4. The van der Waals surface area contributed by atoms with Crippen molar-refractivity contribution >= 4 is 29.1 Å². The number of Topliss-reactive ketones (excluding diaryl/α,β-unsaturated/α-hetero) is 1. The van der Waals surface area contributed by atoms with E-state index in [4.69, 9.17) is 16.3 Å². The molecule has 35 heavy (non-hydrogen) atoms. The number of rotatable bonds is 9. The minimum Gasteiger partial charge on any atom is -0.507 e. The van der Waals surface area contributed by atoms with E-state index < -0.39 is 17.7 Å². The van der Waals surface area contributed by atoms with Gasteiger partial charge in [-0.25, -0.2) is 0 Å². The number of carbonyl (C=O) groups excluding carboxylic acids is 2. The van der Waals surface area contributed by atoms with E-state index >= 15 is 0 Å². The topological polar surface area (TPSA) is 66.8 Å². The SMILES string of the molecule is CCCCOc1ccc(C2/C(=C(\O)c3ccc(Cl)cc3)C(=O)C(=O)N2CCc2ccccc2)cc1. The van der Waals surface area contributed by atoms with E-state index in [1.807, 2.05) is 54.6 Å². The summed E-state index contributed by atoms with van der Waals surface area (Å²) >= 11 is 6.00. The van der Waals surface area contributed by atoms with Crippen molar-refractivity contribution in [3.63, 3.8) is 0 Å². The van der Waals surface area contributed by atoms with E-state index in [-0.39, 0.29) is 11.3 Å². The highest BCUT2D eigenvalue weighted by Crippen LogP contribution is 2.40. The second-order valence-corrected chi connectivity index (χ2v) is 8.94. The third kappa shape index (κ3) is 5.57. The molecule has 1 aliphatic rings. The summed E-state index contributed by atoms with van der Waals surface area (Å²) < 4.78 is 5.77. The van der Waals surface area contributed by atoms with Gasteiger partial charge in [0.2, 0.25) is 0 Å². The normalized spacial score (nSPS) is 17.1. The van der Waals surface area contributed by atoms with Crippen LogP contribution in [0.15, 0.2) is 84.4 Å². The maximum absolute atomic E-state index is 13.2. The number of carbonyl (C=O) groups is 2. The van der Waals surface area contributed by atoms with E-state index in [1.54, 1.807) is 29.2 Å². The van der Waals surface area contributed by atoms with E-state index in [0.717, 1.165) is 29.7 Å². The highest BCUT2D eigenvalue weighted by atomic mass is 35.5. The number of ether oxygens (including phenoxy) is 1. The highest BCUT2D eigenvalue weighted by molar-refractivity contribution is 6.46. The van der Waals surface area contributed by atoms with Crippen molar-refractivity contribution in [1.29, 1.82) is 0 Å². The molecule has 4 rings (SSSR count). The van der Waals surface area contributed by atoms with E-state index in [1.165, 1.54) is 0 Å². The van der Waals surface area contributed by atoms with Gasteiger partial charge in [-0.15, -0.1) is 0 Å². The summed E-state index contributed by atoms with van der Waals surface area (Å²) in [5.74, 6) is -0.805. The monoisotopic (exact) mass is 489 g/mol. The second kappa shape index (κ2) is 11.2. The summed E-state index contributed by atoms with van der Waals surface area (Å²) in [4.78, 5) is 27.9. The Morgan fingerprint density at radius 3 is 2.31 bits per heavy atom. The predicted molar refractivity (Wildman–Crippen MR) is 137 cm³/mol. The van der Waals surface area contributed by atoms with Crippen LogP contribution in [0.25, 0.3) is 5.76 Å². The summed E-state index contributed by atoms with van der Waals surface area (Å²) in [7, 11) is 0. The fraction of sp³-hybridized carbons (Fsp3) is 0.241. The first-order chi connectivity index (χ1) is 17.0. The summed E-state index contributed by atoms with van der Waals surface area (Å²) in [5.41, 5.74) is 2.30. The summed E-state index contributed by atoms with van der Waals surface area (Å²) in [6.45, 7) is 3.07. The number of halogens is 1. The molecule has 3 aromatic carbocycles. The molecular formula is C29H28ClNO4. The molecule has 0 aliphatic carbocycles. The van der Waals surface area contributed by atoms with Crippen molar-refractivity contribution < 1.29 is 19.4 Å². The maximum Gasteiger partial charge on any atom is 0.295 e. The minimum absolute atomic E-state index is 0.0741. The average Bonchev–Trinajstić information content (AvgIpc) is 3.13. The minimum atomic E-state index is -0.709. The molecule has 3 aromatic rings. The van der Waals surface area contributed by atoms with Crippen LogP contribution in [0.4, 0.5) is 0 Å². The molecule has 1 N–H and O–H groups in total. The smallest absolute Gasteiger partial charge is 0.295 e. The van der Waals surface area contributed by atoms with Gasteiger partial charge >= 0.3 is 0 Å². The van der Waals surface area contributed by atoms with Crippen molar-refractivity contribution in [1.82, 2.24) is 4.90 Å². The molecule has 1 unspecified atom stereocenters. The molecule has 0 saturated carbocycles. The molecule has 180 valence electrons. The van der Waals surface area contributed by atoms with Gasteiger partial charge < -0.3 is 14.7 Å². The first kappa shape index (κ1) is 24.6. The molecule has 0 radical (unpaired) electrons. The van der Waals surface area contributed by atoms with Crippen LogP contribution in [0.1, 0.15) is 42.5 Å². The van der Waals surface area contributed by atoms with Crippen LogP contribution in [0.5, 0.6) is 5.75 Å². The number of aliphatic hydroxyl groups is 1. The molecule has 6 heteroatoms. The zero-order chi connectivity index (χ0) is 24.8. The third-order valence-electron chi connectivity index (χ3n) is 6.10. The van der Waals surface area contributed by atoms with Gasteiger partial charge in [-0.3, -0.25) is 9.59 Å².